The number of carboxylic acid groups (broad SMARTS) is 1. The van der Waals surface area contributed by atoms with Crippen molar-refractivity contribution in [3.05, 3.63) is 0 Å². The maximum Gasteiger partial charge on any atom is 0.322 e. The molecular formula is C12H24N2O2. The van der Waals surface area contributed by atoms with Crippen LogP contribution >= 0.6 is 0 Å². The lowest BCUT2D eigenvalue weighted by atomic mass is 10.2. The molecule has 1 rings (SSSR count). The van der Waals surface area contributed by atoms with Gasteiger partial charge in [-0.2, -0.15) is 0 Å². The van der Waals surface area contributed by atoms with Crippen LogP contribution in [0, 0.1) is 0 Å². The zero-order valence-corrected chi connectivity index (χ0v) is 10.4. The predicted octanol–water partition coefficient (Wildman–Crippen LogP) is 1.31. The monoisotopic (exact) mass is 228 g/mol. The molecule has 0 aliphatic heterocycles. The van der Waals surface area contributed by atoms with Gasteiger partial charge in [0, 0.05) is 12.6 Å². The van der Waals surface area contributed by atoms with Gasteiger partial charge in [0.1, 0.15) is 6.04 Å². The third kappa shape index (κ3) is 4.94. The molecule has 1 unspecified atom stereocenters. The summed E-state index contributed by atoms with van der Waals surface area (Å²) in [5.41, 5.74) is 0. The van der Waals surface area contributed by atoms with Crippen molar-refractivity contribution >= 4 is 5.97 Å². The molecule has 0 amide bonds. The molecule has 0 aromatic heterocycles. The van der Waals surface area contributed by atoms with Crippen LogP contribution in [0.25, 0.3) is 0 Å². The topological polar surface area (TPSA) is 52.6 Å². The highest BCUT2D eigenvalue weighted by atomic mass is 16.4. The summed E-state index contributed by atoms with van der Waals surface area (Å²) in [5, 5.41) is 12.3. The summed E-state index contributed by atoms with van der Waals surface area (Å²) < 4.78 is 0. The van der Waals surface area contributed by atoms with Crippen molar-refractivity contribution in [1.82, 2.24) is 10.2 Å². The van der Waals surface area contributed by atoms with Gasteiger partial charge >= 0.3 is 5.97 Å². The molecule has 0 radical (unpaired) electrons. The third-order valence-corrected chi connectivity index (χ3v) is 3.03. The number of carbonyl (C=O) groups is 1. The second-order valence-corrected chi connectivity index (χ2v) is 4.58. The molecular weight excluding hydrogens is 204 g/mol. The lowest BCUT2D eigenvalue weighted by Gasteiger charge is -2.24. The highest BCUT2D eigenvalue weighted by molar-refractivity contribution is 5.73. The standard InChI is InChI=1S/C12H24N2O2/c1-3-5-8-14(4-2)9-11(12(15)16)13-10-6-7-10/h10-11,13H,3-9H2,1-2H3,(H,15,16). The van der Waals surface area contributed by atoms with E-state index in [9.17, 15) is 4.79 Å². The predicted molar refractivity (Wildman–Crippen MR) is 64.6 cm³/mol. The van der Waals surface area contributed by atoms with Crippen molar-refractivity contribution in [2.75, 3.05) is 19.6 Å². The first-order valence-corrected chi connectivity index (χ1v) is 6.38. The molecule has 1 saturated carbocycles. The van der Waals surface area contributed by atoms with E-state index in [0.717, 1.165) is 38.8 Å². The third-order valence-electron chi connectivity index (χ3n) is 3.03. The van der Waals surface area contributed by atoms with Crippen LogP contribution in [0.3, 0.4) is 0 Å². The molecule has 0 aromatic carbocycles. The Morgan fingerprint density at radius 2 is 2.19 bits per heavy atom. The van der Waals surface area contributed by atoms with E-state index in [1.165, 1.54) is 0 Å². The molecule has 2 N–H and O–H groups in total. The molecule has 0 bridgehead atoms. The molecule has 4 heteroatoms. The van der Waals surface area contributed by atoms with E-state index in [0.29, 0.717) is 12.6 Å². The maximum atomic E-state index is 11.1. The smallest absolute Gasteiger partial charge is 0.322 e. The van der Waals surface area contributed by atoms with Gasteiger partial charge in [0.15, 0.2) is 0 Å². The molecule has 0 aromatic rings. The summed E-state index contributed by atoms with van der Waals surface area (Å²) in [6, 6.07) is 0.0512. The van der Waals surface area contributed by atoms with Crippen LogP contribution in [0.2, 0.25) is 0 Å². The first kappa shape index (κ1) is 13.5. The molecule has 0 heterocycles. The molecule has 4 nitrogen and oxygen atoms in total. The second-order valence-electron chi connectivity index (χ2n) is 4.58. The van der Waals surface area contributed by atoms with Crippen LogP contribution in [-0.2, 0) is 4.79 Å². The van der Waals surface area contributed by atoms with Crippen molar-refractivity contribution in [1.29, 1.82) is 0 Å². The largest absolute Gasteiger partial charge is 0.480 e. The zero-order valence-electron chi connectivity index (χ0n) is 10.4. The van der Waals surface area contributed by atoms with Crippen molar-refractivity contribution in [3.8, 4) is 0 Å². The van der Waals surface area contributed by atoms with E-state index >= 15 is 0 Å². The second kappa shape index (κ2) is 6.86. The number of nitrogens with one attached hydrogen (secondary N) is 1. The maximum absolute atomic E-state index is 11.1. The van der Waals surface area contributed by atoms with E-state index in [1.54, 1.807) is 0 Å². The number of unbranched alkanes of at least 4 members (excludes halogenated alkanes) is 1. The Hall–Kier alpha value is -0.610. The molecule has 1 fully saturated rings. The van der Waals surface area contributed by atoms with Crippen LogP contribution in [0.4, 0.5) is 0 Å². The molecule has 1 atom stereocenters. The van der Waals surface area contributed by atoms with Gasteiger partial charge in [-0.05, 0) is 32.4 Å². The average molecular weight is 228 g/mol. The summed E-state index contributed by atoms with van der Waals surface area (Å²) in [6.07, 6.45) is 4.56. The first-order valence-electron chi connectivity index (χ1n) is 6.38. The number of hydrogen-bond acceptors (Lipinski definition) is 3. The van der Waals surface area contributed by atoms with Crippen LogP contribution in [0.15, 0.2) is 0 Å². The van der Waals surface area contributed by atoms with Gasteiger partial charge in [-0.1, -0.05) is 20.3 Å². The van der Waals surface area contributed by atoms with Crippen LogP contribution in [-0.4, -0.2) is 47.7 Å². The summed E-state index contributed by atoms with van der Waals surface area (Å²) in [7, 11) is 0. The highest BCUT2D eigenvalue weighted by Gasteiger charge is 2.29. The number of hydrogen-bond donors (Lipinski definition) is 2. The number of carboxylic acids is 1. The minimum atomic E-state index is -0.721. The Morgan fingerprint density at radius 1 is 1.50 bits per heavy atom. The average Bonchev–Trinajstić information content (AvgIpc) is 3.06. The lowest BCUT2D eigenvalue weighted by molar-refractivity contribution is -0.140. The molecule has 1 aliphatic carbocycles. The summed E-state index contributed by atoms with van der Waals surface area (Å²) in [6.45, 7) is 6.80. The quantitative estimate of drug-likeness (QED) is 0.625. The van der Waals surface area contributed by atoms with Gasteiger partial charge in [0.2, 0.25) is 0 Å². The number of rotatable bonds is 9. The summed E-state index contributed by atoms with van der Waals surface area (Å²) in [5.74, 6) is -0.721. The van der Waals surface area contributed by atoms with Crippen molar-refractivity contribution in [2.45, 2.75) is 51.6 Å². The highest BCUT2D eigenvalue weighted by Crippen LogP contribution is 2.19. The molecule has 0 saturated heterocycles. The van der Waals surface area contributed by atoms with Gasteiger partial charge in [0.05, 0.1) is 0 Å². The van der Waals surface area contributed by atoms with E-state index in [-0.39, 0.29) is 0 Å². The van der Waals surface area contributed by atoms with Crippen molar-refractivity contribution < 1.29 is 9.90 Å². The van der Waals surface area contributed by atoms with Gasteiger partial charge in [-0.25, -0.2) is 0 Å². The van der Waals surface area contributed by atoms with E-state index in [2.05, 4.69) is 24.1 Å². The number of aliphatic carboxylic acids is 1. The van der Waals surface area contributed by atoms with Crippen molar-refractivity contribution in [2.24, 2.45) is 0 Å². The Bertz CT molecular complexity index is 217. The van der Waals surface area contributed by atoms with Crippen LogP contribution in [0.5, 0.6) is 0 Å². The van der Waals surface area contributed by atoms with Gasteiger partial charge in [0.25, 0.3) is 0 Å². The Morgan fingerprint density at radius 3 is 2.62 bits per heavy atom. The Labute approximate surface area is 98.0 Å². The fourth-order valence-electron chi connectivity index (χ4n) is 1.76. The number of nitrogens with zero attached hydrogens (tertiary/aromatic N) is 1. The Balaban J connectivity index is 2.34. The fraction of sp³-hybridized carbons (Fsp3) is 0.917. The van der Waals surface area contributed by atoms with Crippen LogP contribution in [0.1, 0.15) is 39.5 Å². The van der Waals surface area contributed by atoms with Gasteiger partial charge in [-0.3, -0.25) is 4.79 Å². The molecule has 1 aliphatic rings. The molecule has 0 spiro atoms. The Kier molecular flexibility index (Phi) is 5.77. The van der Waals surface area contributed by atoms with E-state index in [4.69, 9.17) is 5.11 Å². The first-order chi connectivity index (χ1) is 7.67. The normalized spacial score (nSPS) is 17.7. The zero-order chi connectivity index (χ0) is 12.0. The van der Waals surface area contributed by atoms with Gasteiger partial charge in [-0.15, -0.1) is 0 Å². The molecule has 16 heavy (non-hydrogen) atoms. The van der Waals surface area contributed by atoms with Crippen molar-refractivity contribution in [3.63, 3.8) is 0 Å². The SMILES string of the molecule is CCCCN(CC)CC(NC1CC1)C(=O)O. The van der Waals surface area contributed by atoms with Crippen LogP contribution < -0.4 is 5.32 Å². The summed E-state index contributed by atoms with van der Waals surface area (Å²) in [4.78, 5) is 13.3. The fourth-order valence-corrected chi connectivity index (χ4v) is 1.76. The lowest BCUT2D eigenvalue weighted by Crippen LogP contribution is -2.47. The number of likely N-dealkylation sites (N-methyl/N-ethyl adjacent to an activating group) is 1. The minimum Gasteiger partial charge on any atom is -0.480 e. The van der Waals surface area contributed by atoms with Gasteiger partial charge < -0.3 is 15.3 Å². The van der Waals surface area contributed by atoms with E-state index < -0.39 is 12.0 Å². The minimum absolute atomic E-state index is 0.399. The molecule has 94 valence electrons. The summed E-state index contributed by atoms with van der Waals surface area (Å²) >= 11 is 0. The van der Waals surface area contributed by atoms with E-state index in [1.807, 2.05) is 0 Å².